The van der Waals surface area contributed by atoms with Crippen LogP contribution in [0.2, 0.25) is 0 Å². The summed E-state index contributed by atoms with van der Waals surface area (Å²) >= 11 is 0. The van der Waals surface area contributed by atoms with Crippen molar-refractivity contribution in [2.45, 2.75) is 43.3 Å². The number of carbonyl (C=O) groups excluding carboxylic acids is 2. The van der Waals surface area contributed by atoms with Gasteiger partial charge >= 0.3 is 166 Å². The number of carbonyl (C=O) groups is 8. The van der Waals surface area contributed by atoms with Crippen molar-refractivity contribution in [1.29, 1.82) is 0 Å². The first-order chi connectivity index (χ1) is 14.0. The largest absolute Gasteiger partial charge is 1.00 e. The Morgan fingerprint density at radius 2 is 0.686 bits per heavy atom. The number of hydrogen-bond donors (Lipinski definition) is 6. The van der Waals surface area contributed by atoms with Gasteiger partial charge in [-0.05, 0) is 0 Å². The van der Waals surface area contributed by atoms with Gasteiger partial charge in [0.2, 0.25) is 11.2 Å². The summed E-state index contributed by atoms with van der Waals surface area (Å²) in [5.41, 5.74) is -6.28. The summed E-state index contributed by atoms with van der Waals surface area (Å²) in [6.45, 7) is 0. The van der Waals surface area contributed by atoms with Crippen molar-refractivity contribution < 1.29 is 202 Å². The summed E-state index contributed by atoms with van der Waals surface area (Å²) in [6.07, 6.45) is -7.71. The molecule has 0 rings (SSSR count). The van der Waals surface area contributed by atoms with E-state index in [0.29, 0.717) is 0 Å². The molecule has 0 heterocycles. The molecule has 35 heavy (non-hydrogen) atoms. The van der Waals surface area contributed by atoms with Gasteiger partial charge in [0.05, 0.1) is 25.7 Å². The Balaban J connectivity index is -0.000000161. The molecule has 16 nitrogen and oxygen atoms in total. The molecule has 20 heteroatoms. The quantitative estimate of drug-likeness (QED) is 0.0667. The number of carboxylic acid groups (broad SMARTS) is 6. The fraction of sp³-hybridized carbons (Fsp3) is 0.467. The fourth-order valence-corrected chi connectivity index (χ4v) is 2.26. The standard InChI is InChI=1S/C15H16O16.4Na.4H/c16-6(17)2-14(12(26)27,3-7(18)19)30-10(24)1-11(25)31-15(13(28)29,4-8(20)21)5-9(22)23;;;;;;;;/h1-5H2,(H,16,17)(H,18,19)(H,20,21)(H,22,23)(H,26,27)(H,28,29);;;;;;;;/q;4*+1;4*-1. The molecule has 0 aromatic heterocycles. The van der Waals surface area contributed by atoms with Gasteiger partial charge < -0.3 is 45.8 Å². The second-order valence-electron chi connectivity index (χ2n) is 6.01. The smallest absolute Gasteiger partial charge is 1.00 e. The minimum atomic E-state index is -3.14. The molecular formula is C15H20Na4O16. The van der Waals surface area contributed by atoms with E-state index < -0.39 is 91.1 Å². The van der Waals surface area contributed by atoms with Crippen LogP contribution in [0.5, 0.6) is 0 Å². The summed E-state index contributed by atoms with van der Waals surface area (Å²) in [4.78, 5) is 89.9. The van der Waals surface area contributed by atoms with Gasteiger partial charge in [0.15, 0.2) is 0 Å². The molecule has 0 spiro atoms. The van der Waals surface area contributed by atoms with E-state index in [1.165, 1.54) is 0 Å². The Bertz CT molecular complexity index is 746. The van der Waals surface area contributed by atoms with E-state index in [0.717, 1.165) is 0 Å². The van der Waals surface area contributed by atoms with Crippen LogP contribution >= 0.6 is 0 Å². The predicted molar refractivity (Wildman–Crippen MR) is 91.0 cm³/mol. The number of aliphatic carboxylic acids is 6. The van der Waals surface area contributed by atoms with Crippen molar-refractivity contribution in [1.82, 2.24) is 0 Å². The van der Waals surface area contributed by atoms with E-state index in [1.807, 2.05) is 0 Å². The molecule has 0 aliphatic rings. The maximum atomic E-state index is 11.9. The van der Waals surface area contributed by atoms with Crippen molar-refractivity contribution in [2.75, 3.05) is 0 Å². The van der Waals surface area contributed by atoms with E-state index in [2.05, 4.69) is 9.47 Å². The molecular weight excluding hydrogens is 528 g/mol. The fourth-order valence-electron chi connectivity index (χ4n) is 2.26. The van der Waals surface area contributed by atoms with Gasteiger partial charge in [0.25, 0.3) is 0 Å². The van der Waals surface area contributed by atoms with Crippen LogP contribution in [0.4, 0.5) is 0 Å². The van der Waals surface area contributed by atoms with Gasteiger partial charge in [-0.3, -0.25) is 28.8 Å². The second-order valence-corrected chi connectivity index (χ2v) is 6.01. The molecule has 0 fully saturated rings. The average molecular weight is 548 g/mol. The van der Waals surface area contributed by atoms with Crippen molar-refractivity contribution in [2.24, 2.45) is 0 Å². The normalized spacial score (nSPS) is 9.83. The first kappa shape index (κ1) is 44.7. The summed E-state index contributed by atoms with van der Waals surface area (Å²) < 4.78 is 8.70. The Morgan fingerprint density at radius 3 is 0.829 bits per heavy atom. The monoisotopic (exact) mass is 548 g/mol. The zero-order valence-electron chi connectivity index (χ0n) is 23.3. The molecule has 0 aliphatic heterocycles. The number of hydrogen-bond acceptors (Lipinski definition) is 10. The van der Waals surface area contributed by atoms with E-state index in [-0.39, 0.29) is 124 Å². The molecule has 0 aliphatic carbocycles. The first-order valence-corrected chi connectivity index (χ1v) is 7.83. The molecule has 0 aromatic rings. The van der Waals surface area contributed by atoms with E-state index >= 15 is 0 Å². The van der Waals surface area contributed by atoms with Gasteiger partial charge in [0.1, 0.15) is 6.42 Å². The summed E-state index contributed by atoms with van der Waals surface area (Å²) in [5.74, 6) is -15.6. The first-order valence-electron chi connectivity index (χ1n) is 7.83. The third-order valence-electron chi connectivity index (χ3n) is 3.43. The Morgan fingerprint density at radius 1 is 0.486 bits per heavy atom. The Labute approximate surface area is 290 Å². The molecule has 0 atom stereocenters. The number of rotatable bonds is 14. The Kier molecular flexibility index (Phi) is 25.3. The molecule has 0 radical (unpaired) electrons. The predicted octanol–water partition coefficient (Wildman–Crippen LogP) is -13.5. The van der Waals surface area contributed by atoms with Crippen LogP contribution < -0.4 is 118 Å². The van der Waals surface area contributed by atoms with Crippen LogP contribution in [0.3, 0.4) is 0 Å². The number of esters is 2. The summed E-state index contributed by atoms with van der Waals surface area (Å²) in [6, 6.07) is 0. The van der Waals surface area contributed by atoms with Crippen LogP contribution in [0.1, 0.15) is 37.8 Å². The zero-order chi connectivity index (χ0) is 24.6. The zero-order valence-corrected chi connectivity index (χ0v) is 27.3. The molecule has 0 amide bonds. The number of ether oxygens (including phenoxy) is 2. The minimum absolute atomic E-state index is 0. The van der Waals surface area contributed by atoms with E-state index in [4.69, 9.17) is 30.6 Å². The minimum Gasteiger partial charge on any atom is -1.00 e. The number of carboxylic acids is 6. The topological polar surface area (TPSA) is 276 Å². The third-order valence-corrected chi connectivity index (χ3v) is 3.43. The third kappa shape index (κ3) is 16.3. The molecule has 0 bridgehead atoms. The summed E-state index contributed by atoms with van der Waals surface area (Å²) in [7, 11) is 0. The van der Waals surface area contributed by atoms with Gasteiger partial charge in [-0.15, -0.1) is 0 Å². The van der Waals surface area contributed by atoms with Gasteiger partial charge in [0, 0.05) is 0 Å². The second kappa shape index (κ2) is 19.8. The van der Waals surface area contributed by atoms with E-state index in [9.17, 15) is 38.4 Å². The van der Waals surface area contributed by atoms with E-state index in [1.54, 1.807) is 0 Å². The van der Waals surface area contributed by atoms with Gasteiger partial charge in [-0.25, -0.2) is 9.59 Å². The summed E-state index contributed by atoms with van der Waals surface area (Å²) in [5, 5.41) is 53.4. The maximum absolute atomic E-state index is 11.9. The van der Waals surface area contributed by atoms with Crippen LogP contribution in [0, 0.1) is 0 Å². The van der Waals surface area contributed by atoms with Crippen molar-refractivity contribution in [3.8, 4) is 0 Å². The SMILES string of the molecule is O=C(O)CC(CC(=O)O)(OC(=O)CC(=O)OC(CC(=O)O)(CC(=O)O)C(=O)O)C(=O)O.[H-].[H-].[H-].[H-].[Na+].[Na+].[Na+].[Na+]. The van der Waals surface area contributed by atoms with Gasteiger partial charge in [-0.2, -0.15) is 0 Å². The van der Waals surface area contributed by atoms with Crippen LogP contribution in [0.15, 0.2) is 0 Å². The van der Waals surface area contributed by atoms with Crippen LogP contribution in [-0.4, -0.2) is 89.6 Å². The molecule has 0 unspecified atom stereocenters. The van der Waals surface area contributed by atoms with Crippen molar-refractivity contribution in [3.05, 3.63) is 0 Å². The van der Waals surface area contributed by atoms with Crippen molar-refractivity contribution in [3.63, 3.8) is 0 Å². The Hall–Kier alpha value is -0.240. The average Bonchev–Trinajstić information content (AvgIpc) is 2.50. The van der Waals surface area contributed by atoms with Crippen LogP contribution in [0.25, 0.3) is 0 Å². The molecule has 0 saturated heterocycles. The van der Waals surface area contributed by atoms with Gasteiger partial charge in [-0.1, -0.05) is 0 Å². The molecule has 6 N–H and O–H groups in total. The van der Waals surface area contributed by atoms with Crippen molar-refractivity contribution >= 4 is 47.8 Å². The molecule has 0 aromatic carbocycles. The molecule has 0 saturated carbocycles. The van der Waals surface area contributed by atoms with Crippen LogP contribution in [-0.2, 0) is 47.8 Å². The molecule has 180 valence electrons. The maximum Gasteiger partial charge on any atom is 1.00 e.